The molecule has 0 amide bonds. The lowest BCUT2D eigenvalue weighted by Gasteiger charge is -2.00. The van der Waals surface area contributed by atoms with E-state index in [-0.39, 0.29) is 5.56 Å². The van der Waals surface area contributed by atoms with Crippen molar-refractivity contribution < 1.29 is 0 Å². The first-order chi connectivity index (χ1) is 5.70. The van der Waals surface area contributed by atoms with E-state index >= 15 is 0 Å². The lowest BCUT2D eigenvalue weighted by Crippen LogP contribution is -2.37. The predicted molar refractivity (Wildman–Crippen MR) is 44.2 cm³/mol. The molecule has 0 saturated carbocycles. The summed E-state index contributed by atoms with van der Waals surface area (Å²) in [6, 6.07) is 0. The van der Waals surface area contributed by atoms with Gasteiger partial charge in [-0.15, -0.1) is 0 Å². The van der Waals surface area contributed by atoms with E-state index in [1.807, 2.05) is 6.92 Å². The number of hydrogen-bond acceptors (Lipinski definition) is 3. The molecular formula is C7H11N3O2. The Hall–Kier alpha value is -1.39. The third kappa shape index (κ3) is 1.30. The SMILES string of the molecule is CCc1n[nH]c(=O)n(CC)c1=O. The van der Waals surface area contributed by atoms with Gasteiger partial charge in [0.15, 0.2) is 0 Å². The van der Waals surface area contributed by atoms with E-state index in [4.69, 9.17) is 0 Å². The molecule has 0 aliphatic rings. The largest absolute Gasteiger partial charge is 0.344 e. The summed E-state index contributed by atoms with van der Waals surface area (Å²) in [7, 11) is 0. The van der Waals surface area contributed by atoms with Gasteiger partial charge < -0.3 is 0 Å². The van der Waals surface area contributed by atoms with Gasteiger partial charge in [-0.25, -0.2) is 9.89 Å². The lowest BCUT2D eigenvalue weighted by atomic mass is 10.3. The number of nitrogens with zero attached hydrogens (tertiary/aromatic N) is 2. The Morgan fingerprint density at radius 2 is 2.08 bits per heavy atom. The minimum Gasteiger partial charge on any atom is -0.267 e. The highest BCUT2D eigenvalue weighted by Gasteiger charge is 2.04. The van der Waals surface area contributed by atoms with Gasteiger partial charge in [0.25, 0.3) is 5.56 Å². The summed E-state index contributed by atoms with van der Waals surface area (Å²) in [5.74, 6) is 0. The molecule has 0 atom stereocenters. The number of rotatable bonds is 2. The quantitative estimate of drug-likeness (QED) is 0.649. The first-order valence-electron chi connectivity index (χ1n) is 3.89. The van der Waals surface area contributed by atoms with Gasteiger partial charge in [0.2, 0.25) is 0 Å². The van der Waals surface area contributed by atoms with Crippen LogP contribution < -0.4 is 11.2 Å². The Kier molecular flexibility index (Phi) is 2.42. The van der Waals surface area contributed by atoms with E-state index in [1.165, 1.54) is 0 Å². The van der Waals surface area contributed by atoms with Crippen molar-refractivity contribution in [3.05, 3.63) is 26.5 Å². The van der Waals surface area contributed by atoms with Crippen molar-refractivity contribution >= 4 is 0 Å². The number of H-pyrrole nitrogens is 1. The second-order valence-corrected chi connectivity index (χ2v) is 2.38. The number of aromatic amines is 1. The van der Waals surface area contributed by atoms with Gasteiger partial charge >= 0.3 is 5.69 Å². The van der Waals surface area contributed by atoms with Crippen molar-refractivity contribution in [3.8, 4) is 0 Å². The van der Waals surface area contributed by atoms with Crippen LogP contribution in [0.1, 0.15) is 19.5 Å². The van der Waals surface area contributed by atoms with Crippen LogP contribution in [0.25, 0.3) is 0 Å². The normalized spacial score (nSPS) is 10.2. The van der Waals surface area contributed by atoms with Gasteiger partial charge in [-0.2, -0.15) is 5.10 Å². The molecule has 0 aliphatic heterocycles. The van der Waals surface area contributed by atoms with Crippen LogP contribution in [0.4, 0.5) is 0 Å². The number of nitrogens with one attached hydrogen (secondary N) is 1. The molecule has 5 heteroatoms. The molecule has 0 saturated heterocycles. The molecule has 12 heavy (non-hydrogen) atoms. The Morgan fingerprint density at radius 1 is 1.42 bits per heavy atom. The van der Waals surface area contributed by atoms with Crippen LogP contribution in [-0.4, -0.2) is 14.8 Å². The summed E-state index contributed by atoms with van der Waals surface area (Å²) >= 11 is 0. The van der Waals surface area contributed by atoms with Crippen molar-refractivity contribution in [2.45, 2.75) is 26.8 Å². The van der Waals surface area contributed by atoms with Crippen LogP contribution in [0.5, 0.6) is 0 Å². The van der Waals surface area contributed by atoms with Crippen LogP contribution in [0, 0.1) is 0 Å². The standard InChI is InChI=1S/C7H11N3O2/c1-3-5-6(11)10(4-2)7(12)9-8-5/h3-4H2,1-2H3,(H,9,12). The van der Waals surface area contributed by atoms with Gasteiger partial charge in [-0.05, 0) is 13.3 Å². The Bertz CT molecular complexity index is 377. The van der Waals surface area contributed by atoms with E-state index in [2.05, 4.69) is 10.2 Å². The van der Waals surface area contributed by atoms with Crippen molar-refractivity contribution in [2.75, 3.05) is 0 Å². The fourth-order valence-electron chi connectivity index (χ4n) is 0.989. The monoisotopic (exact) mass is 169 g/mol. The highest BCUT2D eigenvalue weighted by molar-refractivity contribution is 4.93. The minimum absolute atomic E-state index is 0.288. The zero-order chi connectivity index (χ0) is 9.14. The maximum absolute atomic E-state index is 11.3. The third-order valence-electron chi connectivity index (χ3n) is 1.67. The first-order valence-corrected chi connectivity index (χ1v) is 3.89. The predicted octanol–water partition coefficient (Wildman–Crippen LogP) is -0.486. The van der Waals surface area contributed by atoms with Crippen molar-refractivity contribution in [3.63, 3.8) is 0 Å². The summed E-state index contributed by atoms with van der Waals surface area (Å²) in [6.45, 7) is 3.95. The molecule has 0 bridgehead atoms. The smallest absolute Gasteiger partial charge is 0.267 e. The van der Waals surface area contributed by atoms with Crippen LogP contribution >= 0.6 is 0 Å². The molecule has 1 aromatic heterocycles. The molecule has 66 valence electrons. The highest BCUT2D eigenvalue weighted by Crippen LogP contribution is 1.80. The van der Waals surface area contributed by atoms with Crippen LogP contribution in [-0.2, 0) is 13.0 Å². The van der Waals surface area contributed by atoms with Crippen LogP contribution in [0.15, 0.2) is 9.59 Å². The molecular weight excluding hydrogens is 158 g/mol. The molecule has 0 aliphatic carbocycles. The van der Waals surface area contributed by atoms with Crippen LogP contribution in [0.2, 0.25) is 0 Å². The molecule has 1 rings (SSSR count). The van der Waals surface area contributed by atoms with E-state index in [9.17, 15) is 9.59 Å². The summed E-state index contributed by atoms with van der Waals surface area (Å²) in [4.78, 5) is 22.3. The van der Waals surface area contributed by atoms with Crippen LogP contribution in [0.3, 0.4) is 0 Å². The highest BCUT2D eigenvalue weighted by atomic mass is 16.2. The average Bonchev–Trinajstić information content (AvgIpc) is 2.06. The van der Waals surface area contributed by atoms with Gasteiger partial charge in [-0.3, -0.25) is 9.36 Å². The Labute approximate surface area is 69.1 Å². The summed E-state index contributed by atoms with van der Waals surface area (Å²) in [6.07, 6.45) is 0.537. The van der Waals surface area contributed by atoms with Crippen molar-refractivity contribution in [1.82, 2.24) is 14.8 Å². The second-order valence-electron chi connectivity index (χ2n) is 2.38. The maximum atomic E-state index is 11.3. The lowest BCUT2D eigenvalue weighted by molar-refractivity contribution is 0.626. The maximum Gasteiger partial charge on any atom is 0.344 e. The molecule has 0 spiro atoms. The van der Waals surface area contributed by atoms with E-state index < -0.39 is 5.69 Å². The number of aromatic nitrogens is 3. The average molecular weight is 169 g/mol. The second kappa shape index (κ2) is 3.34. The Balaban J connectivity index is 3.45. The molecule has 0 radical (unpaired) electrons. The van der Waals surface area contributed by atoms with Gasteiger partial charge in [0.1, 0.15) is 5.69 Å². The first kappa shape index (κ1) is 8.70. The molecule has 0 fully saturated rings. The van der Waals surface area contributed by atoms with E-state index in [0.29, 0.717) is 18.7 Å². The molecule has 0 unspecified atom stereocenters. The number of aryl methyl sites for hydroxylation is 1. The third-order valence-corrected chi connectivity index (χ3v) is 1.67. The molecule has 1 heterocycles. The number of hydrogen-bond donors (Lipinski definition) is 1. The van der Waals surface area contributed by atoms with Crippen molar-refractivity contribution in [1.29, 1.82) is 0 Å². The molecule has 1 aromatic rings. The van der Waals surface area contributed by atoms with E-state index in [1.54, 1.807) is 6.92 Å². The van der Waals surface area contributed by atoms with E-state index in [0.717, 1.165) is 4.57 Å². The van der Waals surface area contributed by atoms with Gasteiger partial charge in [0.05, 0.1) is 0 Å². The van der Waals surface area contributed by atoms with Gasteiger partial charge in [0, 0.05) is 6.54 Å². The van der Waals surface area contributed by atoms with Crippen molar-refractivity contribution in [2.24, 2.45) is 0 Å². The molecule has 5 nitrogen and oxygen atoms in total. The fraction of sp³-hybridized carbons (Fsp3) is 0.571. The van der Waals surface area contributed by atoms with Gasteiger partial charge in [-0.1, -0.05) is 6.92 Å². The zero-order valence-corrected chi connectivity index (χ0v) is 7.13. The minimum atomic E-state index is -0.445. The molecule has 0 aromatic carbocycles. The topological polar surface area (TPSA) is 67.8 Å². The fourth-order valence-corrected chi connectivity index (χ4v) is 0.989. The molecule has 1 N–H and O–H groups in total. The summed E-state index contributed by atoms with van der Waals surface area (Å²) < 4.78 is 1.13. The summed E-state index contributed by atoms with van der Waals surface area (Å²) in [5, 5.41) is 5.90. The zero-order valence-electron chi connectivity index (χ0n) is 7.13. The summed E-state index contributed by atoms with van der Waals surface area (Å²) in [5.41, 5.74) is -0.333. The Morgan fingerprint density at radius 3 is 2.58 bits per heavy atom.